The molecule has 1 aliphatic rings. The van der Waals surface area contributed by atoms with E-state index in [0.29, 0.717) is 11.5 Å². The van der Waals surface area contributed by atoms with E-state index >= 15 is 0 Å². The number of thioether (sulfide) groups is 1. The summed E-state index contributed by atoms with van der Waals surface area (Å²) in [6, 6.07) is 9.71. The Morgan fingerprint density at radius 1 is 1.50 bits per heavy atom. The molecule has 1 fully saturated rings. The minimum absolute atomic E-state index is 0.157. The minimum atomic E-state index is -0.734. The van der Waals surface area contributed by atoms with Crippen LogP contribution in [0.5, 0.6) is 0 Å². The van der Waals surface area contributed by atoms with E-state index in [1.807, 2.05) is 31.4 Å². The first-order chi connectivity index (χ1) is 8.60. The Labute approximate surface area is 112 Å². The third kappa shape index (κ3) is 2.51. The largest absolute Gasteiger partial charge is 0.334 e. The summed E-state index contributed by atoms with van der Waals surface area (Å²) in [7, 11) is 0. The van der Waals surface area contributed by atoms with Crippen LogP contribution in [0.15, 0.2) is 29.2 Å². The summed E-state index contributed by atoms with van der Waals surface area (Å²) in [6.07, 6.45) is 3.99. The Bertz CT molecular complexity index is 505. The zero-order valence-corrected chi connectivity index (χ0v) is 11.4. The van der Waals surface area contributed by atoms with Gasteiger partial charge < -0.3 is 5.32 Å². The Hall–Kier alpha value is -1.47. The molecule has 0 saturated heterocycles. The van der Waals surface area contributed by atoms with Crippen LogP contribution in [-0.2, 0) is 0 Å². The average molecular weight is 260 g/mol. The molecule has 1 saturated carbocycles. The monoisotopic (exact) mass is 260 g/mol. The minimum Gasteiger partial charge on any atom is -0.334 e. The standard InChI is InChI=1S/C14H16N2OS/c1-14(9-15,10-7-8-10)16-13(17)11-5-3-4-6-12(11)18-2/h3-6,10H,7-8H2,1-2H3,(H,16,17)/t14-/m0/s1. The van der Waals surface area contributed by atoms with Crippen LogP contribution < -0.4 is 5.32 Å². The number of nitrogens with one attached hydrogen (secondary N) is 1. The molecule has 0 unspecified atom stereocenters. The van der Waals surface area contributed by atoms with Crippen molar-refractivity contribution in [3.8, 4) is 6.07 Å². The Morgan fingerprint density at radius 3 is 2.72 bits per heavy atom. The molecule has 1 amide bonds. The SMILES string of the molecule is CSc1ccccc1C(=O)N[C@@](C)(C#N)C1CC1. The lowest BCUT2D eigenvalue weighted by molar-refractivity contribution is 0.0914. The maximum atomic E-state index is 12.3. The van der Waals surface area contributed by atoms with Crippen LogP contribution in [-0.4, -0.2) is 17.7 Å². The summed E-state index contributed by atoms with van der Waals surface area (Å²) >= 11 is 1.54. The van der Waals surface area contributed by atoms with Gasteiger partial charge in [-0.3, -0.25) is 4.79 Å². The number of nitriles is 1. The lowest BCUT2D eigenvalue weighted by Crippen LogP contribution is -2.46. The van der Waals surface area contributed by atoms with Crippen molar-refractivity contribution in [2.45, 2.75) is 30.2 Å². The van der Waals surface area contributed by atoms with Crippen LogP contribution in [0, 0.1) is 17.2 Å². The van der Waals surface area contributed by atoms with Crippen LogP contribution in [0.2, 0.25) is 0 Å². The van der Waals surface area contributed by atoms with Crippen molar-refractivity contribution < 1.29 is 4.79 Å². The fraction of sp³-hybridized carbons (Fsp3) is 0.429. The van der Waals surface area contributed by atoms with E-state index in [0.717, 1.165) is 17.7 Å². The molecule has 3 nitrogen and oxygen atoms in total. The number of amides is 1. The second kappa shape index (κ2) is 5.03. The number of hydrogen-bond donors (Lipinski definition) is 1. The maximum absolute atomic E-state index is 12.3. The first-order valence-electron chi connectivity index (χ1n) is 5.97. The van der Waals surface area contributed by atoms with E-state index < -0.39 is 5.54 Å². The summed E-state index contributed by atoms with van der Waals surface area (Å²) in [4.78, 5) is 13.2. The van der Waals surface area contributed by atoms with Crippen LogP contribution in [0.3, 0.4) is 0 Å². The van der Waals surface area contributed by atoms with Gasteiger partial charge in [0.15, 0.2) is 0 Å². The van der Waals surface area contributed by atoms with Gasteiger partial charge in [-0.15, -0.1) is 11.8 Å². The van der Waals surface area contributed by atoms with Crippen LogP contribution in [0.25, 0.3) is 0 Å². The molecule has 0 spiro atoms. The number of rotatable bonds is 4. The lowest BCUT2D eigenvalue weighted by Gasteiger charge is -2.23. The predicted molar refractivity (Wildman–Crippen MR) is 72.4 cm³/mol. The highest BCUT2D eigenvalue weighted by Gasteiger charge is 2.43. The summed E-state index contributed by atoms with van der Waals surface area (Å²) < 4.78 is 0. The molecule has 0 heterocycles. The first-order valence-corrected chi connectivity index (χ1v) is 7.20. The van der Waals surface area contributed by atoms with Gasteiger partial charge in [0, 0.05) is 4.90 Å². The number of nitrogens with zero attached hydrogens (tertiary/aromatic N) is 1. The Morgan fingerprint density at radius 2 is 2.17 bits per heavy atom. The van der Waals surface area contributed by atoms with Crippen LogP contribution in [0.1, 0.15) is 30.1 Å². The Kier molecular flexibility index (Phi) is 3.63. The van der Waals surface area contributed by atoms with Crippen molar-refractivity contribution in [1.29, 1.82) is 5.26 Å². The van der Waals surface area contributed by atoms with Crippen molar-refractivity contribution in [3.05, 3.63) is 29.8 Å². The molecule has 1 N–H and O–H groups in total. The molecule has 0 radical (unpaired) electrons. The highest BCUT2D eigenvalue weighted by molar-refractivity contribution is 7.98. The van der Waals surface area contributed by atoms with Crippen molar-refractivity contribution in [1.82, 2.24) is 5.32 Å². The lowest BCUT2D eigenvalue weighted by atomic mass is 9.97. The normalized spacial score (nSPS) is 17.6. The van der Waals surface area contributed by atoms with Crippen molar-refractivity contribution >= 4 is 17.7 Å². The molecule has 1 aliphatic carbocycles. The first kappa shape index (κ1) is 13.0. The highest BCUT2D eigenvalue weighted by Crippen LogP contribution is 2.39. The van der Waals surface area contributed by atoms with Crippen LogP contribution in [0.4, 0.5) is 0 Å². The molecule has 1 atom stereocenters. The molecule has 0 bridgehead atoms. The molecule has 4 heteroatoms. The Balaban J connectivity index is 2.19. The molecule has 2 rings (SSSR count). The van der Waals surface area contributed by atoms with Gasteiger partial charge in [0.05, 0.1) is 11.6 Å². The van der Waals surface area contributed by atoms with Gasteiger partial charge >= 0.3 is 0 Å². The van der Waals surface area contributed by atoms with Gasteiger partial charge in [0.1, 0.15) is 5.54 Å². The van der Waals surface area contributed by atoms with E-state index in [1.54, 1.807) is 6.07 Å². The zero-order chi connectivity index (χ0) is 13.2. The van der Waals surface area contributed by atoms with E-state index in [2.05, 4.69) is 11.4 Å². The summed E-state index contributed by atoms with van der Waals surface area (Å²) in [5, 5.41) is 12.1. The van der Waals surface area contributed by atoms with Gasteiger partial charge in [-0.1, -0.05) is 12.1 Å². The van der Waals surface area contributed by atoms with Gasteiger partial charge in [0.2, 0.25) is 0 Å². The molecule has 0 aliphatic heterocycles. The molecule has 1 aromatic rings. The van der Waals surface area contributed by atoms with Crippen LogP contribution >= 0.6 is 11.8 Å². The van der Waals surface area contributed by atoms with Gasteiger partial charge in [-0.05, 0) is 44.1 Å². The second-order valence-electron chi connectivity index (χ2n) is 4.74. The maximum Gasteiger partial charge on any atom is 0.253 e. The van der Waals surface area contributed by atoms with Gasteiger partial charge in [-0.2, -0.15) is 5.26 Å². The fourth-order valence-electron chi connectivity index (χ4n) is 2.02. The van der Waals surface area contributed by atoms with Crippen molar-refractivity contribution in [2.75, 3.05) is 6.26 Å². The highest BCUT2D eigenvalue weighted by atomic mass is 32.2. The number of hydrogen-bond acceptors (Lipinski definition) is 3. The summed E-state index contributed by atoms with van der Waals surface area (Å²) in [5.41, 5.74) is -0.0880. The fourth-order valence-corrected chi connectivity index (χ4v) is 2.61. The summed E-state index contributed by atoms with van der Waals surface area (Å²) in [6.45, 7) is 1.81. The van der Waals surface area contributed by atoms with Crippen molar-refractivity contribution in [2.24, 2.45) is 5.92 Å². The second-order valence-corrected chi connectivity index (χ2v) is 5.59. The van der Waals surface area contributed by atoms with E-state index in [1.165, 1.54) is 11.8 Å². The molecular weight excluding hydrogens is 244 g/mol. The molecule has 94 valence electrons. The number of carbonyl (C=O) groups is 1. The quantitative estimate of drug-likeness (QED) is 0.847. The molecular formula is C14H16N2OS. The topological polar surface area (TPSA) is 52.9 Å². The van der Waals surface area contributed by atoms with Gasteiger partial charge in [-0.25, -0.2) is 0 Å². The number of carbonyl (C=O) groups excluding carboxylic acids is 1. The predicted octanol–water partition coefficient (Wildman–Crippen LogP) is 2.83. The molecule has 0 aromatic heterocycles. The van der Waals surface area contributed by atoms with E-state index in [9.17, 15) is 10.1 Å². The van der Waals surface area contributed by atoms with E-state index in [-0.39, 0.29) is 5.91 Å². The third-order valence-electron chi connectivity index (χ3n) is 3.35. The average Bonchev–Trinajstić information content (AvgIpc) is 3.23. The smallest absolute Gasteiger partial charge is 0.253 e. The van der Waals surface area contributed by atoms with Gasteiger partial charge in [0.25, 0.3) is 5.91 Å². The van der Waals surface area contributed by atoms with Crippen molar-refractivity contribution in [3.63, 3.8) is 0 Å². The molecule has 18 heavy (non-hydrogen) atoms. The number of benzene rings is 1. The third-order valence-corrected chi connectivity index (χ3v) is 4.15. The zero-order valence-electron chi connectivity index (χ0n) is 10.6. The van der Waals surface area contributed by atoms with E-state index in [4.69, 9.17) is 0 Å². The summed E-state index contributed by atoms with van der Waals surface area (Å²) in [5.74, 6) is 0.142. The molecule has 1 aromatic carbocycles.